The van der Waals surface area contributed by atoms with Gasteiger partial charge < -0.3 is 15.4 Å². The Morgan fingerprint density at radius 1 is 1.28 bits per heavy atom. The molecule has 2 heterocycles. The Morgan fingerprint density at radius 3 is 2.72 bits per heavy atom. The van der Waals surface area contributed by atoms with Gasteiger partial charge in [0.05, 0.1) is 19.8 Å². The van der Waals surface area contributed by atoms with Gasteiger partial charge in [0.15, 0.2) is 0 Å². The third-order valence-corrected chi connectivity index (χ3v) is 4.03. The molecule has 1 atom stereocenters. The lowest BCUT2D eigenvalue weighted by Crippen LogP contribution is -2.38. The number of hydrogen-bond donors (Lipinski definition) is 2. The maximum Gasteiger partial charge on any atom is 0.319 e. The van der Waals surface area contributed by atoms with Crippen molar-refractivity contribution in [1.29, 1.82) is 0 Å². The quantitative estimate of drug-likeness (QED) is 0.826. The van der Waals surface area contributed by atoms with Gasteiger partial charge in [0, 0.05) is 31.4 Å². The largest absolute Gasteiger partial charge is 0.379 e. The summed E-state index contributed by atoms with van der Waals surface area (Å²) in [4.78, 5) is 18.3. The van der Waals surface area contributed by atoms with Crippen molar-refractivity contribution in [2.75, 3.05) is 31.6 Å². The first kappa shape index (κ1) is 17.4. The van der Waals surface area contributed by atoms with Crippen LogP contribution in [-0.2, 0) is 17.8 Å². The van der Waals surface area contributed by atoms with Gasteiger partial charge in [-0.3, -0.25) is 9.58 Å². The predicted octanol–water partition coefficient (Wildman–Crippen LogP) is 1.32. The average molecular weight is 344 g/mol. The maximum absolute atomic E-state index is 12.1. The Bertz CT molecular complexity index is 652. The molecule has 1 saturated heterocycles. The summed E-state index contributed by atoms with van der Waals surface area (Å²) in [7, 11) is 0. The lowest BCUT2D eigenvalue weighted by Gasteiger charge is -2.26. The van der Waals surface area contributed by atoms with Crippen molar-refractivity contribution in [3.8, 4) is 0 Å². The average Bonchev–Trinajstić information content (AvgIpc) is 3.10. The standard InChI is InChI=1S/C17H24N6O2/c1-14(10-23-13-18-12-19-23)20-17(24)21-16-4-2-15(3-5-16)11-22-6-8-25-9-7-22/h2-5,12-14H,6-11H2,1H3,(H2,20,21,24)/t14-/m1/s1. The zero-order chi connectivity index (χ0) is 17.5. The van der Waals surface area contributed by atoms with Crippen LogP contribution < -0.4 is 10.6 Å². The molecule has 25 heavy (non-hydrogen) atoms. The molecule has 3 rings (SSSR count). The summed E-state index contributed by atoms with van der Waals surface area (Å²) in [5, 5.41) is 9.77. The van der Waals surface area contributed by atoms with E-state index in [4.69, 9.17) is 4.74 Å². The number of benzene rings is 1. The van der Waals surface area contributed by atoms with Gasteiger partial charge in [-0.2, -0.15) is 5.10 Å². The molecule has 0 aliphatic carbocycles. The molecule has 0 radical (unpaired) electrons. The fourth-order valence-electron chi connectivity index (χ4n) is 2.76. The summed E-state index contributed by atoms with van der Waals surface area (Å²) in [5.41, 5.74) is 2.00. The second-order valence-corrected chi connectivity index (χ2v) is 6.20. The Labute approximate surface area is 147 Å². The van der Waals surface area contributed by atoms with Crippen molar-refractivity contribution in [3.63, 3.8) is 0 Å². The van der Waals surface area contributed by atoms with Gasteiger partial charge in [-0.05, 0) is 24.6 Å². The Morgan fingerprint density at radius 2 is 2.04 bits per heavy atom. The van der Waals surface area contributed by atoms with Gasteiger partial charge in [-0.25, -0.2) is 9.78 Å². The number of aromatic nitrogens is 3. The van der Waals surface area contributed by atoms with Crippen LogP contribution in [0.15, 0.2) is 36.9 Å². The van der Waals surface area contributed by atoms with Crippen LogP contribution in [0.2, 0.25) is 0 Å². The topological polar surface area (TPSA) is 84.3 Å². The summed E-state index contributed by atoms with van der Waals surface area (Å²) in [6, 6.07) is 7.67. The molecule has 1 aliphatic rings. The van der Waals surface area contributed by atoms with Crippen LogP contribution in [0.4, 0.5) is 10.5 Å². The third-order valence-electron chi connectivity index (χ3n) is 4.03. The van der Waals surface area contributed by atoms with E-state index in [1.807, 2.05) is 31.2 Å². The van der Waals surface area contributed by atoms with E-state index in [1.54, 1.807) is 11.0 Å². The van der Waals surface area contributed by atoms with E-state index in [0.29, 0.717) is 6.54 Å². The van der Waals surface area contributed by atoms with E-state index in [-0.39, 0.29) is 12.1 Å². The number of nitrogens with one attached hydrogen (secondary N) is 2. The van der Waals surface area contributed by atoms with Crippen LogP contribution in [0.5, 0.6) is 0 Å². The molecular formula is C17H24N6O2. The zero-order valence-corrected chi connectivity index (χ0v) is 14.4. The second-order valence-electron chi connectivity index (χ2n) is 6.20. The SMILES string of the molecule is C[C@H](Cn1cncn1)NC(=O)Nc1ccc(CN2CCOCC2)cc1. The molecule has 134 valence electrons. The van der Waals surface area contributed by atoms with Crippen LogP contribution in [0.1, 0.15) is 12.5 Å². The van der Waals surface area contributed by atoms with Crippen molar-refractivity contribution in [2.24, 2.45) is 0 Å². The number of nitrogens with zero attached hydrogens (tertiary/aromatic N) is 4. The Balaban J connectivity index is 1.44. The van der Waals surface area contributed by atoms with Crippen LogP contribution >= 0.6 is 0 Å². The van der Waals surface area contributed by atoms with Gasteiger partial charge >= 0.3 is 6.03 Å². The smallest absolute Gasteiger partial charge is 0.319 e. The van der Waals surface area contributed by atoms with Gasteiger partial charge in [-0.1, -0.05) is 12.1 Å². The van der Waals surface area contributed by atoms with Crippen LogP contribution in [0.25, 0.3) is 0 Å². The first-order valence-electron chi connectivity index (χ1n) is 8.48. The van der Waals surface area contributed by atoms with Crippen molar-refractivity contribution >= 4 is 11.7 Å². The van der Waals surface area contributed by atoms with Crippen molar-refractivity contribution < 1.29 is 9.53 Å². The van der Waals surface area contributed by atoms with Crippen LogP contribution in [0, 0.1) is 0 Å². The normalized spacial score (nSPS) is 16.4. The molecule has 1 aromatic heterocycles. The fourth-order valence-corrected chi connectivity index (χ4v) is 2.76. The van der Waals surface area contributed by atoms with Gasteiger partial charge in [0.1, 0.15) is 12.7 Å². The third kappa shape index (κ3) is 5.54. The molecular weight excluding hydrogens is 320 g/mol. The van der Waals surface area contributed by atoms with E-state index in [2.05, 4.69) is 25.6 Å². The summed E-state index contributed by atoms with van der Waals surface area (Å²) in [6.07, 6.45) is 3.11. The first-order chi connectivity index (χ1) is 12.2. The number of hydrogen-bond acceptors (Lipinski definition) is 5. The number of carbonyl (C=O) groups is 1. The van der Waals surface area contributed by atoms with Gasteiger partial charge in [0.25, 0.3) is 0 Å². The number of urea groups is 1. The predicted molar refractivity (Wildman–Crippen MR) is 94.2 cm³/mol. The van der Waals surface area contributed by atoms with Crippen molar-refractivity contribution in [2.45, 2.75) is 26.1 Å². The second kappa shape index (κ2) is 8.59. The monoisotopic (exact) mass is 344 g/mol. The zero-order valence-electron chi connectivity index (χ0n) is 14.4. The molecule has 0 unspecified atom stereocenters. The molecule has 8 heteroatoms. The summed E-state index contributed by atoms with van der Waals surface area (Å²) < 4.78 is 7.05. The highest BCUT2D eigenvalue weighted by Gasteiger charge is 2.11. The number of morpholine rings is 1. The molecule has 2 amide bonds. The maximum atomic E-state index is 12.1. The minimum absolute atomic E-state index is 0.0534. The van der Waals surface area contributed by atoms with E-state index in [9.17, 15) is 4.79 Å². The highest BCUT2D eigenvalue weighted by atomic mass is 16.5. The molecule has 8 nitrogen and oxygen atoms in total. The van der Waals surface area contributed by atoms with E-state index in [1.165, 1.54) is 11.9 Å². The lowest BCUT2D eigenvalue weighted by molar-refractivity contribution is 0.0342. The Kier molecular flexibility index (Phi) is 5.97. The highest BCUT2D eigenvalue weighted by Crippen LogP contribution is 2.12. The fraction of sp³-hybridized carbons (Fsp3) is 0.471. The van der Waals surface area contributed by atoms with Crippen LogP contribution in [-0.4, -0.2) is 58.0 Å². The first-order valence-corrected chi connectivity index (χ1v) is 8.48. The number of rotatable bonds is 6. The molecule has 1 fully saturated rings. The number of amides is 2. The molecule has 0 spiro atoms. The molecule has 2 N–H and O–H groups in total. The highest BCUT2D eigenvalue weighted by molar-refractivity contribution is 5.89. The number of anilines is 1. The van der Waals surface area contributed by atoms with E-state index >= 15 is 0 Å². The van der Waals surface area contributed by atoms with E-state index in [0.717, 1.165) is 38.5 Å². The lowest BCUT2D eigenvalue weighted by atomic mass is 10.2. The summed E-state index contributed by atoms with van der Waals surface area (Å²) in [5.74, 6) is 0. The minimum atomic E-state index is -0.228. The van der Waals surface area contributed by atoms with Crippen molar-refractivity contribution in [1.82, 2.24) is 25.0 Å². The molecule has 0 bridgehead atoms. The van der Waals surface area contributed by atoms with E-state index < -0.39 is 0 Å². The Hall–Kier alpha value is -2.45. The molecule has 0 saturated carbocycles. The molecule has 1 aromatic carbocycles. The molecule has 1 aliphatic heterocycles. The molecule has 2 aromatic rings. The summed E-state index contributed by atoms with van der Waals surface area (Å²) >= 11 is 0. The minimum Gasteiger partial charge on any atom is -0.379 e. The van der Waals surface area contributed by atoms with Crippen LogP contribution in [0.3, 0.4) is 0 Å². The van der Waals surface area contributed by atoms with Crippen molar-refractivity contribution in [3.05, 3.63) is 42.5 Å². The number of ether oxygens (including phenoxy) is 1. The van der Waals surface area contributed by atoms with Gasteiger partial charge in [-0.15, -0.1) is 0 Å². The summed E-state index contributed by atoms with van der Waals surface area (Å²) in [6.45, 7) is 6.93. The van der Waals surface area contributed by atoms with Gasteiger partial charge in [0.2, 0.25) is 0 Å². The number of carbonyl (C=O) groups excluding carboxylic acids is 1.